The summed E-state index contributed by atoms with van der Waals surface area (Å²) in [4.78, 5) is 14.6. The second-order valence-electron chi connectivity index (χ2n) is 6.75. The molecule has 0 unspecified atom stereocenters. The molecule has 1 aliphatic heterocycles. The third-order valence-corrected chi connectivity index (χ3v) is 6.17. The standard InChI is InChI=1S/C23H20FNO2S/c24-18-8-10-19(11-9-18)25-21(17-6-12-20(26)13-7-17)22(23(25)27)28-15-14-16-4-2-1-3-5-16/h1-13,21-22,26H,14-15H2/t21-,22-/m1/s1. The van der Waals surface area contributed by atoms with Gasteiger partial charge >= 0.3 is 0 Å². The third kappa shape index (κ3) is 3.76. The molecule has 1 saturated heterocycles. The lowest BCUT2D eigenvalue weighted by molar-refractivity contribution is -0.123. The van der Waals surface area contributed by atoms with Crippen molar-refractivity contribution in [3.8, 4) is 5.75 Å². The number of hydrogen-bond acceptors (Lipinski definition) is 3. The maximum absolute atomic E-state index is 13.3. The van der Waals surface area contributed by atoms with E-state index >= 15 is 0 Å². The van der Waals surface area contributed by atoms with Crippen LogP contribution in [0.3, 0.4) is 0 Å². The molecule has 4 rings (SSSR count). The lowest BCUT2D eigenvalue weighted by Crippen LogP contribution is -2.57. The molecule has 3 aromatic rings. The molecule has 1 aliphatic rings. The Morgan fingerprint density at radius 1 is 0.929 bits per heavy atom. The Morgan fingerprint density at radius 3 is 2.29 bits per heavy atom. The van der Waals surface area contributed by atoms with E-state index < -0.39 is 0 Å². The Labute approximate surface area is 167 Å². The number of β-lactam (4-membered cyclic amide) rings is 1. The Bertz CT molecular complexity index is 945. The Hall–Kier alpha value is -2.79. The van der Waals surface area contributed by atoms with Crippen LogP contribution in [0.2, 0.25) is 0 Å². The van der Waals surface area contributed by atoms with Crippen molar-refractivity contribution in [3.05, 3.63) is 95.8 Å². The maximum Gasteiger partial charge on any atom is 0.243 e. The fourth-order valence-electron chi connectivity index (χ4n) is 3.46. The monoisotopic (exact) mass is 393 g/mol. The van der Waals surface area contributed by atoms with Gasteiger partial charge in [0.05, 0.1) is 6.04 Å². The van der Waals surface area contributed by atoms with Crippen molar-refractivity contribution in [2.45, 2.75) is 17.7 Å². The fourth-order valence-corrected chi connectivity index (χ4v) is 4.78. The van der Waals surface area contributed by atoms with Gasteiger partial charge in [0.2, 0.25) is 5.91 Å². The first-order valence-corrected chi connectivity index (χ1v) is 10.2. The summed E-state index contributed by atoms with van der Waals surface area (Å²) in [5, 5.41) is 9.40. The molecule has 5 heteroatoms. The predicted molar refractivity (Wildman–Crippen MR) is 111 cm³/mol. The highest BCUT2D eigenvalue weighted by Gasteiger charge is 2.49. The molecule has 0 spiro atoms. The van der Waals surface area contributed by atoms with Crippen molar-refractivity contribution in [1.82, 2.24) is 0 Å². The predicted octanol–water partition coefficient (Wildman–Crippen LogP) is 4.96. The van der Waals surface area contributed by atoms with Crippen LogP contribution in [-0.2, 0) is 11.2 Å². The molecular weight excluding hydrogens is 373 g/mol. The zero-order valence-corrected chi connectivity index (χ0v) is 16.0. The van der Waals surface area contributed by atoms with E-state index in [-0.39, 0.29) is 28.8 Å². The molecule has 0 aliphatic carbocycles. The van der Waals surface area contributed by atoms with E-state index in [0.29, 0.717) is 5.69 Å². The molecule has 1 heterocycles. The average molecular weight is 393 g/mol. The number of carbonyl (C=O) groups is 1. The number of rotatable bonds is 6. The molecule has 142 valence electrons. The maximum atomic E-state index is 13.3. The van der Waals surface area contributed by atoms with E-state index in [1.165, 1.54) is 17.7 Å². The molecular formula is C23H20FNO2S. The number of nitrogens with zero attached hydrogens (tertiary/aromatic N) is 1. The van der Waals surface area contributed by atoms with Gasteiger partial charge in [0.25, 0.3) is 0 Å². The van der Waals surface area contributed by atoms with Crippen molar-refractivity contribution >= 4 is 23.4 Å². The number of thioether (sulfide) groups is 1. The second-order valence-corrected chi connectivity index (χ2v) is 8.00. The number of benzene rings is 3. The van der Waals surface area contributed by atoms with Crippen LogP contribution in [0.15, 0.2) is 78.9 Å². The average Bonchev–Trinajstić information content (AvgIpc) is 2.72. The van der Waals surface area contributed by atoms with Crippen LogP contribution in [0, 0.1) is 5.82 Å². The van der Waals surface area contributed by atoms with E-state index in [1.54, 1.807) is 40.9 Å². The van der Waals surface area contributed by atoms with E-state index in [1.807, 2.05) is 30.3 Å². The quantitative estimate of drug-likeness (QED) is 0.602. The third-order valence-electron chi connectivity index (χ3n) is 4.92. The lowest BCUT2D eigenvalue weighted by Gasteiger charge is -2.47. The van der Waals surface area contributed by atoms with Gasteiger partial charge in [-0.1, -0.05) is 42.5 Å². The highest BCUT2D eigenvalue weighted by molar-refractivity contribution is 8.00. The number of anilines is 1. The smallest absolute Gasteiger partial charge is 0.243 e. The highest BCUT2D eigenvalue weighted by atomic mass is 32.2. The van der Waals surface area contributed by atoms with Crippen LogP contribution in [-0.4, -0.2) is 22.0 Å². The van der Waals surface area contributed by atoms with Gasteiger partial charge in [-0.2, -0.15) is 0 Å². The Kier molecular flexibility index (Phi) is 5.35. The van der Waals surface area contributed by atoms with Gasteiger partial charge in [-0.25, -0.2) is 4.39 Å². The molecule has 0 aromatic heterocycles. The zero-order chi connectivity index (χ0) is 19.5. The number of carbonyl (C=O) groups excluding carboxylic acids is 1. The van der Waals surface area contributed by atoms with E-state index in [2.05, 4.69) is 12.1 Å². The van der Waals surface area contributed by atoms with Crippen LogP contribution in [0.5, 0.6) is 5.75 Å². The molecule has 3 aromatic carbocycles. The largest absolute Gasteiger partial charge is 0.508 e. The van der Waals surface area contributed by atoms with Crippen molar-refractivity contribution in [2.24, 2.45) is 0 Å². The summed E-state index contributed by atoms with van der Waals surface area (Å²) in [5.41, 5.74) is 2.89. The summed E-state index contributed by atoms with van der Waals surface area (Å²) in [6.07, 6.45) is 0.897. The van der Waals surface area contributed by atoms with Crippen molar-refractivity contribution < 1.29 is 14.3 Å². The summed E-state index contributed by atoms with van der Waals surface area (Å²) in [5.74, 6) is 0.733. The summed E-state index contributed by atoms with van der Waals surface area (Å²) < 4.78 is 13.3. The van der Waals surface area contributed by atoms with E-state index in [0.717, 1.165) is 17.7 Å². The molecule has 0 radical (unpaired) electrons. The number of amides is 1. The van der Waals surface area contributed by atoms with Crippen LogP contribution >= 0.6 is 11.8 Å². The van der Waals surface area contributed by atoms with Gasteiger partial charge in [-0.15, -0.1) is 11.8 Å². The Morgan fingerprint density at radius 2 is 1.61 bits per heavy atom. The summed E-state index contributed by atoms with van der Waals surface area (Å²) >= 11 is 1.65. The second kappa shape index (κ2) is 8.07. The molecule has 0 bridgehead atoms. The van der Waals surface area contributed by atoms with Crippen LogP contribution in [0.25, 0.3) is 0 Å². The molecule has 1 amide bonds. The van der Waals surface area contributed by atoms with Gasteiger partial charge in [-0.05, 0) is 59.7 Å². The summed E-state index contributed by atoms with van der Waals surface area (Å²) in [6, 6.07) is 23.0. The first kappa shape index (κ1) is 18.6. The molecule has 3 nitrogen and oxygen atoms in total. The fraction of sp³-hybridized carbons (Fsp3) is 0.174. The Balaban J connectivity index is 1.53. The molecule has 0 saturated carbocycles. The SMILES string of the molecule is O=C1[C@H](SCCc2ccccc2)[C@@H](c2ccc(O)cc2)N1c1ccc(F)cc1. The molecule has 2 atom stereocenters. The van der Waals surface area contributed by atoms with Gasteiger partial charge in [-0.3, -0.25) is 4.79 Å². The van der Waals surface area contributed by atoms with Gasteiger partial charge < -0.3 is 10.0 Å². The minimum atomic E-state index is -0.327. The van der Waals surface area contributed by atoms with Crippen molar-refractivity contribution in [3.63, 3.8) is 0 Å². The number of halogens is 1. The van der Waals surface area contributed by atoms with E-state index in [4.69, 9.17) is 0 Å². The number of phenols is 1. The number of phenolic OH excluding ortho intramolecular Hbond substituents is 1. The van der Waals surface area contributed by atoms with Crippen LogP contribution in [0.1, 0.15) is 17.2 Å². The minimum absolute atomic E-state index is 0.0303. The first-order chi connectivity index (χ1) is 13.6. The minimum Gasteiger partial charge on any atom is -0.508 e. The topological polar surface area (TPSA) is 40.5 Å². The first-order valence-electron chi connectivity index (χ1n) is 9.16. The van der Waals surface area contributed by atoms with Crippen LogP contribution in [0.4, 0.5) is 10.1 Å². The van der Waals surface area contributed by atoms with Crippen LogP contribution < -0.4 is 4.90 Å². The highest BCUT2D eigenvalue weighted by Crippen LogP contribution is 2.45. The van der Waals surface area contributed by atoms with Crippen molar-refractivity contribution in [1.29, 1.82) is 0 Å². The molecule has 1 fully saturated rings. The number of hydrogen-bond donors (Lipinski definition) is 1. The van der Waals surface area contributed by atoms with Gasteiger partial charge in [0.1, 0.15) is 16.8 Å². The normalized spacial score (nSPS) is 18.8. The zero-order valence-electron chi connectivity index (χ0n) is 15.2. The molecule has 28 heavy (non-hydrogen) atoms. The van der Waals surface area contributed by atoms with Crippen molar-refractivity contribution in [2.75, 3.05) is 10.7 Å². The number of aromatic hydroxyl groups is 1. The summed E-state index contributed by atoms with van der Waals surface area (Å²) in [6.45, 7) is 0. The summed E-state index contributed by atoms with van der Waals surface area (Å²) in [7, 11) is 0. The van der Waals surface area contributed by atoms with Gasteiger partial charge in [0, 0.05) is 5.69 Å². The van der Waals surface area contributed by atoms with E-state index in [9.17, 15) is 14.3 Å². The van der Waals surface area contributed by atoms with Gasteiger partial charge in [0.15, 0.2) is 0 Å². The lowest BCUT2D eigenvalue weighted by atomic mass is 9.92. The number of aryl methyl sites for hydroxylation is 1. The molecule has 1 N–H and O–H groups in total.